The van der Waals surface area contributed by atoms with Gasteiger partial charge in [0.2, 0.25) is 5.78 Å². The minimum atomic E-state index is -0.175. The van der Waals surface area contributed by atoms with Crippen LogP contribution in [0.2, 0.25) is 5.02 Å². The van der Waals surface area contributed by atoms with Gasteiger partial charge in [0.1, 0.15) is 5.69 Å². The average molecular weight is 480 g/mol. The topological polar surface area (TPSA) is 98.6 Å². The van der Waals surface area contributed by atoms with Crippen molar-refractivity contribution in [2.75, 3.05) is 20.1 Å². The van der Waals surface area contributed by atoms with Crippen LogP contribution in [0.15, 0.2) is 42.9 Å². The summed E-state index contributed by atoms with van der Waals surface area (Å²) in [6.07, 6.45) is 6.82. The Bertz CT molecular complexity index is 1380. The molecule has 1 aliphatic heterocycles. The smallest absolute Gasteiger partial charge is 0.317 e. The maximum atomic E-state index is 13.2. The number of carbonyl (C=O) groups is 2. The largest absolute Gasteiger partial charge is 0.357 e. The Hall–Kier alpha value is -3.59. The van der Waals surface area contributed by atoms with Gasteiger partial charge in [-0.3, -0.25) is 9.20 Å². The van der Waals surface area contributed by atoms with E-state index in [4.69, 9.17) is 11.6 Å². The summed E-state index contributed by atoms with van der Waals surface area (Å²) in [4.78, 5) is 41.4. The van der Waals surface area contributed by atoms with Crippen molar-refractivity contribution in [1.82, 2.24) is 34.5 Å². The molecule has 1 aromatic carbocycles. The van der Waals surface area contributed by atoms with Gasteiger partial charge in [-0.2, -0.15) is 0 Å². The maximum Gasteiger partial charge on any atom is 0.317 e. The van der Waals surface area contributed by atoms with E-state index in [1.165, 1.54) is 0 Å². The molecular formula is C24H26ClN7O2. The number of likely N-dealkylation sites (tertiary alicyclic amines) is 1. The second-order valence-electron chi connectivity index (χ2n) is 8.79. The highest BCUT2D eigenvalue weighted by atomic mass is 35.5. The first kappa shape index (κ1) is 22.2. The normalized spacial score (nSPS) is 16.2. The van der Waals surface area contributed by atoms with Gasteiger partial charge < -0.3 is 20.1 Å². The van der Waals surface area contributed by atoms with Crippen LogP contribution in [-0.4, -0.2) is 67.3 Å². The standard InChI is InChI=1S/C24H26ClN7O2/c1-15-10-26-23-27-12-21(32(23)13-15)22(33)31-7-3-4-19(14-31)30(2)24(34)28-11-18-9-16-8-17(25)5-6-20(16)29-18/h5-6,8-10,12-13,19,29H,3-4,7,11,14H2,1-2H3,(H,28,34). The number of imidazole rings is 1. The van der Waals surface area contributed by atoms with E-state index in [9.17, 15) is 9.59 Å². The molecule has 3 aromatic heterocycles. The number of likely N-dealkylation sites (N-methyl/N-ethyl adjacent to an activating group) is 1. The molecule has 1 unspecified atom stereocenters. The molecule has 0 radical (unpaired) electrons. The van der Waals surface area contributed by atoms with E-state index >= 15 is 0 Å². The van der Waals surface area contributed by atoms with Crippen LogP contribution < -0.4 is 5.32 Å². The summed E-state index contributed by atoms with van der Waals surface area (Å²) in [6, 6.07) is 7.37. The number of aromatic amines is 1. The summed E-state index contributed by atoms with van der Waals surface area (Å²) in [5.74, 6) is 0.397. The van der Waals surface area contributed by atoms with Crippen molar-refractivity contribution in [2.45, 2.75) is 32.4 Å². The van der Waals surface area contributed by atoms with Gasteiger partial charge >= 0.3 is 6.03 Å². The lowest BCUT2D eigenvalue weighted by atomic mass is 10.0. The second-order valence-corrected chi connectivity index (χ2v) is 9.22. The SMILES string of the molecule is Cc1cnc2ncc(C(=O)N3CCCC(N(C)C(=O)NCc4cc5cc(Cl)ccc5[nH]4)C3)n2c1. The van der Waals surface area contributed by atoms with E-state index in [-0.39, 0.29) is 18.0 Å². The molecule has 0 saturated carbocycles. The van der Waals surface area contributed by atoms with Crippen molar-refractivity contribution in [3.05, 3.63) is 64.8 Å². The van der Waals surface area contributed by atoms with Crippen molar-refractivity contribution in [1.29, 1.82) is 0 Å². The van der Waals surface area contributed by atoms with Gasteiger partial charge in [0.15, 0.2) is 0 Å². The van der Waals surface area contributed by atoms with Crippen molar-refractivity contribution in [3.63, 3.8) is 0 Å². The molecule has 0 spiro atoms. The number of urea groups is 1. The molecule has 0 aliphatic carbocycles. The number of benzene rings is 1. The first-order chi connectivity index (χ1) is 16.4. The third-order valence-electron chi connectivity index (χ3n) is 6.33. The predicted molar refractivity (Wildman–Crippen MR) is 130 cm³/mol. The van der Waals surface area contributed by atoms with Gasteiger partial charge in [-0.1, -0.05) is 11.6 Å². The van der Waals surface area contributed by atoms with Crippen LogP contribution in [0.4, 0.5) is 4.79 Å². The number of H-pyrrole nitrogens is 1. The molecule has 4 aromatic rings. The third kappa shape index (κ3) is 4.31. The van der Waals surface area contributed by atoms with Crippen LogP contribution in [0.1, 0.15) is 34.6 Å². The average Bonchev–Trinajstić information content (AvgIpc) is 3.44. The molecule has 0 bridgehead atoms. The van der Waals surface area contributed by atoms with E-state index < -0.39 is 0 Å². The number of aromatic nitrogens is 4. The fraction of sp³-hybridized carbons (Fsp3) is 0.333. The molecule has 1 atom stereocenters. The van der Waals surface area contributed by atoms with Crippen molar-refractivity contribution in [3.8, 4) is 0 Å². The Kier molecular flexibility index (Phi) is 5.87. The van der Waals surface area contributed by atoms with E-state index in [2.05, 4.69) is 20.3 Å². The molecule has 10 heteroatoms. The van der Waals surface area contributed by atoms with Crippen molar-refractivity contribution >= 4 is 40.2 Å². The molecule has 176 valence electrons. The summed E-state index contributed by atoms with van der Waals surface area (Å²) in [7, 11) is 1.78. The highest BCUT2D eigenvalue weighted by Crippen LogP contribution is 2.21. The molecule has 3 amide bonds. The van der Waals surface area contributed by atoms with Crippen LogP contribution in [0.3, 0.4) is 0 Å². The summed E-state index contributed by atoms with van der Waals surface area (Å²) in [5.41, 5.74) is 3.31. The Morgan fingerprint density at radius 2 is 2.09 bits per heavy atom. The third-order valence-corrected chi connectivity index (χ3v) is 6.57. The summed E-state index contributed by atoms with van der Waals surface area (Å²) >= 11 is 6.06. The number of nitrogens with zero attached hydrogens (tertiary/aromatic N) is 5. The zero-order valence-corrected chi connectivity index (χ0v) is 19.8. The number of aryl methyl sites for hydroxylation is 1. The molecular weight excluding hydrogens is 454 g/mol. The van der Waals surface area contributed by atoms with Crippen molar-refractivity contribution in [2.24, 2.45) is 0 Å². The van der Waals surface area contributed by atoms with Gasteiger partial charge in [0, 0.05) is 54.2 Å². The lowest BCUT2D eigenvalue weighted by Crippen LogP contribution is -2.52. The highest BCUT2D eigenvalue weighted by Gasteiger charge is 2.30. The van der Waals surface area contributed by atoms with Crippen LogP contribution in [0, 0.1) is 6.92 Å². The van der Waals surface area contributed by atoms with E-state index in [0.717, 1.165) is 35.0 Å². The Labute approximate surface area is 201 Å². The number of carbonyl (C=O) groups excluding carboxylic acids is 2. The Morgan fingerprint density at radius 3 is 2.94 bits per heavy atom. The molecule has 1 saturated heterocycles. The Balaban J connectivity index is 1.23. The predicted octanol–water partition coefficient (Wildman–Crippen LogP) is 3.62. The van der Waals surface area contributed by atoms with Gasteiger partial charge in [0.05, 0.1) is 18.8 Å². The van der Waals surface area contributed by atoms with Crippen LogP contribution >= 0.6 is 11.6 Å². The number of rotatable bonds is 4. The summed E-state index contributed by atoms with van der Waals surface area (Å²) < 4.78 is 1.73. The molecule has 4 heterocycles. The molecule has 9 nitrogen and oxygen atoms in total. The quantitative estimate of drug-likeness (QED) is 0.467. The monoisotopic (exact) mass is 479 g/mol. The van der Waals surface area contributed by atoms with Crippen molar-refractivity contribution < 1.29 is 9.59 Å². The van der Waals surface area contributed by atoms with Gasteiger partial charge in [-0.05, 0) is 49.6 Å². The number of fused-ring (bicyclic) bond motifs is 2. The minimum absolute atomic E-state index is 0.0710. The molecule has 2 N–H and O–H groups in total. The molecule has 1 aliphatic rings. The zero-order chi connectivity index (χ0) is 23.8. The van der Waals surface area contributed by atoms with E-state index in [0.29, 0.717) is 36.1 Å². The number of hydrogen-bond acceptors (Lipinski definition) is 4. The first-order valence-corrected chi connectivity index (χ1v) is 11.6. The lowest BCUT2D eigenvalue weighted by Gasteiger charge is -2.37. The van der Waals surface area contributed by atoms with Gasteiger partial charge in [-0.25, -0.2) is 14.8 Å². The molecule has 1 fully saturated rings. The minimum Gasteiger partial charge on any atom is -0.357 e. The van der Waals surface area contributed by atoms with E-state index in [1.807, 2.05) is 37.4 Å². The first-order valence-electron chi connectivity index (χ1n) is 11.3. The maximum absolute atomic E-state index is 13.2. The Morgan fingerprint density at radius 1 is 1.26 bits per heavy atom. The number of amides is 3. The van der Waals surface area contributed by atoms with Gasteiger partial charge in [0.25, 0.3) is 5.91 Å². The summed E-state index contributed by atoms with van der Waals surface area (Å²) in [6.45, 7) is 3.42. The van der Waals surface area contributed by atoms with E-state index in [1.54, 1.807) is 33.6 Å². The second kappa shape index (κ2) is 8.98. The number of piperidine rings is 1. The highest BCUT2D eigenvalue weighted by molar-refractivity contribution is 6.31. The fourth-order valence-corrected chi connectivity index (χ4v) is 4.65. The molecule has 5 rings (SSSR count). The summed E-state index contributed by atoms with van der Waals surface area (Å²) in [5, 5.41) is 4.65. The van der Waals surface area contributed by atoms with Gasteiger partial charge in [-0.15, -0.1) is 0 Å². The zero-order valence-electron chi connectivity index (χ0n) is 19.1. The number of hydrogen-bond donors (Lipinski definition) is 2. The number of halogens is 1. The number of nitrogens with one attached hydrogen (secondary N) is 2. The van der Waals surface area contributed by atoms with Crippen LogP contribution in [0.5, 0.6) is 0 Å². The fourth-order valence-electron chi connectivity index (χ4n) is 4.47. The lowest BCUT2D eigenvalue weighted by molar-refractivity contribution is 0.0629. The van der Waals surface area contributed by atoms with Crippen LogP contribution in [-0.2, 0) is 6.54 Å². The molecule has 34 heavy (non-hydrogen) atoms. The van der Waals surface area contributed by atoms with Crippen LogP contribution in [0.25, 0.3) is 16.7 Å².